The van der Waals surface area contributed by atoms with Gasteiger partial charge < -0.3 is 19.4 Å². The average molecular weight is 362 g/mol. The summed E-state index contributed by atoms with van der Waals surface area (Å²) in [5, 5.41) is 18.1. The standard InChI is InChI=1S/C21H18N2O4/c1-21(25,19-11-15-9-5-6-10-17(15)26-19)13-22-20(24)16-12-18(27-23-16)14-7-3-2-4-8-14/h2-12,25H,13H2,1H3,(H,22,24). The van der Waals surface area contributed by atoms with Crippen molar-refractivity contribution in [3.8, 4) is 11.3 Å². The van der Waals surface area contributed by atoms with Gasteiger partial charge in [-0.25, -0.2) is 0 Å². The maximum atomic E-state index is 12.4. The van der Waals surface area contributed by atoms with Gasteiger partial charge in [0.05, 0.1) is 6.54 Å². The van der Waals surface area contributed by atoms with E-state index in [1.165, 1.54) is 0 Å². The zero-order valence-electron chi connectivity index (χ0n) is 14.7. The number of nitrogens with one attached hydrogen (secondary N) is 1. The Morgan fingerprint density at radius 3 is 2.63 bits per heavy atom. The largest absolute Gasteiger partial charge is 0.458 e. The summed E-state index contributed by atoms with van der Waals surface area (Å²) in [6.45, 7) is 1.56. The highest BCUT2D eigenvalue weighted by molar-refractivity contribution is 5.93. The second kappa shape index (κ2) is 6.74. The summed E-state index contributed by atoms with van der Waals surface area (Å²) < 4.78 is 10.9. The number of aliphatic hydroxyl groups is 1. The minimum absolute atomic E-state index is 0.0286. The van der Waals surface area contributed by atoms with Gasteiger partial charge in [-0.3, -0.25) is 4.79 Å². The molecule has 136 valence electrons. The van der Waals surface area contributed by atoms with Gasteiger partial charge in [0, 0.05) is 17.0 Å². The Hall–Kier alpha value is -3.38. The van der Waals surface area contributed by atoms with Gasteiger partial charge in [0.1, 0.15) is 16.9 Å². The quantitative estimate of drug-likeness (QED) is 0.565. The fraction of sp³-hybridized carbons (Fsp3) is 0.143. The number of amides is 1. The van der Waals surface area contributed by atoms with Crippen LogP contribution in [-0.2, 0) is 5.60 Å². The number of hydrogen-bond donors (Lipinski definition) is 2. The van der Waals surface area contributed by atoms with E-state index in [1.54, 1.807) is 19.1 Å². The predicted molar refractivity (Wildman–Crippen MR) is 100 cm³/mol. The maximum absolute atomic E-state index is 12.4. The van der Waals surface area contributed by atoms with Gasteiger partial charge in [0.2, 0.25) is 0 Å². The fourth-order valence-corrected chi connectivity index (χ4v) is 2.80. The average Bonchev–Trinajstić information content (AvgIpc) is 3.34. The van der Waals surface area contributed by atoms with Crippen LogP contribution in [0.15, 0.2) is 75.7 Å². The molecule has 4 rings (SSSR count). The molecular weight excluding hydrogens is 344 g/mol. The Morgan fingerprint density at radius 2 is 1.85 bits per heavy atom. The lowest BCUT2D eigenvalue weighted by atomic mass is 10.0. The molecular formula is C21H18N2O4. The van der Waals surface area contributed by atoms with Gasteiger partial charge in [-0.2, -0.15) is 0 Å². The summed E-state index contributed by atoms with van der Waals surface area (Å²) in [4.78, 5) is 12.4. The third-order valence-corrected chi connectivity index (χ3v) is 4.35. The molecule has 0 bridgehead atoms. The Kier molecular flexibility index (Phi) is 4.25. The molecule has 2 N–H and O–H groups in total. The molecule has 1 amide bonds. The molecule has 0 fully saturated rings. The van der Waals surface area contributed by atoms with Crippen molar-refractivity contribution in [2.24, 2.45) is 0 Å². The van der Waals surface area contributed by atoms with Gasteiger partial charge in [0.15, 0.2) is 11.5 Å². The highest BCUT2D eigenvalue weighted by atomic mass is 16.5. The molecule has 1 atom stereocenters. The Balaban J connectivity index is 1.46. The zero-order valence-corrected chi connectivity index (χ0v) is 14.7. The molecule has 0 aliphatic heterocycles. The van der Waals surface area contributed by atoms with Gasteiger partial charge in [-0.05, 0) is 19.1 Å². The van der Waals surface area contributed by atoms with Gasteiger partial charge in [-0.1, -0.05) is 53.7 Å². The van der Waals surface area contributed by atoms with Crippen molar-refractivity contribution in [1.29, 1.82) is 0 Å². The lowest BCUT2D eigenvalue weighted by Gasteiger charge is -2.20. The molecule has 2 aromatic heterocycles. The Labute approximate surface area is 155 Å². The lowest BCUT2D eigenvalue weighted by molar-refractivity contribution is 0.0343. The van der Waals surface area contributed by atoms with Crippen LogP contribution < -0.4 is 5.32 Å². The van der Waals surface area contributed by atoms with E-state index in [0.29, 0.717) is 17.1 Å². The minimum atomic E-state index is -1.36. The summed E-state index contributed by atoms with van der Waals surface area (Å²) in [6, 6.07) is 20.2. The summed E-state index contributed by atoms with van der Waals surface area (Å²) in [7, 11) is 0. The molecule has 2 aromatic carbocycles. The number of rotatable bonds is 5. The number of nitrogens with zero attached hydrogens (tertiary/aromatic N) is 1. The molecule has 0 radical (unpaired) electrons. The van der Waals surface area contributed by atoms with Crippen molar-refractivity contribution in [3.63, 3.8) is 0 Å². The van der Waals surface area contributed by atoms with Crippen LogP contribution in [-0.4, -0.2) is 22.7 Å². The van der Waals surface area contributed by atoms with Gasteiger partial charge >= 0.3 is 0 Å². The van der Waals surface area contributed by atoms with Crippen LogP contribution in [0.5, 0.6) is 0 Å². The number of carbonyl (C=O) groups is 1. The number of carbonyl (C=O) groups excluding carboxylic acids is 1. The number of aromatic nitrogens is 1. The molecule has 0 saturated carbocycles. The van der Waals surface area contributed by atoms with Crippen molar-refractivity contribution < 1.29 is 18.8 Å². The minimum Gasteiger partial charge on any atom is -0.458 e. The van der Waals surface area contributed by atoms with E-state index in [-0.39, 0.29) is 12.2 Å². The van der Waals surface area contributed by atoms with E-state index >= 15 is 0 Å². The second-order valence-electron chi connectivity index (χ2n) is 6.55. The number of fused-ring (bicyclic) bond motifs is 1. The fourth-order valence-electron chi connectivity index (χ4n) is 2.80. The van der Waals surface area contributed by atoms with Crippen LogP contribution in [0.4, 0.5) is 0 Å². The topological polar surface area (TPSA) is 88.5 Å². The summed E-state index contributed by atoms with van der Waals surface area (Å²) in [6.07, 6.45) is 0. The maximum Gasteiger partial charge on any atom is 0.273 e. The molecule has 0 spiro atoms. The van der Waals surface area contributed by atoms with Crippen LogP contribution in [0.2, 0.25) is 0 Å². The highest BCUT2D eigenvalue weighted by Crippen LogP contribution is 2.27. The number of para-hydroxylation sites is 1. The van der Waals surface area contributed by atoms with Crippen LogP contribution >= 0.6 is 0 Å². The van der Waals surface area contributed by atoms with Crippen molar-refractivity contribution in [3.05, 3.63) is 78.2 Å². The molecule has 6 heteroatoms. The van der Waals surface area contributed by atoms with Crippen LogP contribution in [0.3, 0.4) is 0 Å². The summed E-state index contributed by atoms with van der Waals surface area (Å²) in [5.74, 6) is 0.455. The SMILES string of the molecule is CC(O)(CNC(=O)c1cc(-c2ccccc2)on1)c1cc2ccccc2o1. The Bertz CT molecular complexity index is 1050. The first kappa shape index (κ1) is 17.1. The normalized spacial score (nSPS) is 13.4. The second-order valence-corrected chi connectivity index (χ2v) is 6.55. The number of benzene rings is 2. The molecule has 4 aromatic rings. The lowest BCUT2D eigenvalue weighted by Crippen LogP contribution is -2.38. The monoisotopic (exact) mass is 362 g/mol. The summed E-state index contributed by atoms with van der Waals surface area (Å²) >= 11 is 0. The van der Waals surface area contributed by atoms with E-state index < -0.39 is 11.5 Å². The molecule has 0 saturated heterocycles. The van der Waals surface area contributed by atoms with Crippen LogP contribution in [0.1, 0.15) is 23.2 Å². The van der Waals surface area contributed by atoms with E-state index in [4.69, 9.17) is 8.94 Å². The van der Waals surface area contributed by atoms with E-state index in [0.717, 1.165) is 10.9 Å². The van der Waals surface area contributed by atoms with Gasteiger partial charge in [-0.15, -0.1) is 0 Å². The predicted octanol–water partition coefficient (Wildman–Crippen LogP) is 3.73. The van der Waals surface area contributed by atoms with E-state index in [2.05, 4.69) is 10.5 Å². The highest BCUT2D eigenvalue weighted by Gasteiger charge is 2.28. The molecule has 2 heterocycles. The van der Waals surface area contributed by atoms with Crippen molar-refractivity contribution in [1.82, 2.24) is 10.5 Å². The third kappa shape index (κ3) is 3.47. The number of hydrogen-bond acceptors (Lipinski definition) is 5. The first-order valence-corrected chi connectivity index (χ1v) is 8.55. The van der Waals surface area contributed by atoms with E-state index in [1.807, 2.05) is 54.6 Å². The first-order chi connectivity index (χ1) is 13.0. The van der Waals surface area contributed by atoms with Crippen LogP contribution in [0, 0.1) is 0 Å². The molecule has 0 aliphatic rings. The van der Waals surface area contributed by atoms with Crippen molar-refractivity contribution in [2.75, 3.05) is 6.54 Å². The van der Waals surface area contributed by atoms with Crippen molar-refractivity contribution in [2.45, 2.75) is 12.5 Å². The van der Waals surface area contributed by atoms with Crippen molar-refractivity contribution >= 4 is 16.9 Å². The molecule has 6 nitrogen and oxygen atoms in total. The first-order valence-electron chi connectivity index (χ1n) is 8.55. The smallest absolute Gasteiger partial charge is 0.273 e. The van der Waals surface area contributed by atoms with E-state index in [9.17, 15) is 9.90 Å². The van der Waals surface area contributed by atoms with Gasteiger partial charge in [0.25, 0.3) is 5.91 Å². The summed E-state index contributed by atoms with van der Waals surface area (Å²) in [5.41, 5.74) is 0.302. The number of furan rings is 1. The molecule has 0 aliphatic carbocycles. The Morgan fingerprint density at radius 1 is 1.11 bits per heavy atom. The third-order valence-electron chi connectivity index (χ3n) is 4.35. The zero-order chi connectivity index (χ0) is 18.9. The molecule has 27 heavy (non-hydrogen) atoms. The van der Waals surface area contributed by atoms with Crippen LogP contribution in [0.25, 0.3) is 22.3 Å². The molecule has 1 unspecified atom stereocenters.